The zero-order valence-electron chi connectivity index (χ0n) is 5.40. The monoisotopic (exact) mass is 114 g/mol. The van der Waals surface area contributed by atoms with E-state index < -0.39 is 0 Å². The van der Waals surface area contributed by atoms with Gasteiger partial charge in [0.2, 0.25) is 0 Å². The van der Waals surface area contributed by atoms with Crippen LogP contribution < -0.4 is 5.32 Å². The highest BCUT2D eigenvalue weighted by molar-refractivity contribution is 5.51. The average Bonchev–Trinajstić information content (AvgIpc) is 1.68. The fourth-order valence-corrected chi connectivity index (χ4v) is 0.546. The van der Waals surface area contributed by atoms with Gasteiger partial charge in [-0.05, 0) is 13.5 Å². The number of hydrogen-bond donors (Lipinski definition) is 1. The van der Waals surface area contributed by atoms with Crippen LogP contribution >= 0.6 is 0 Å². The summed E-state index contributed by atoms with van der Waals surface area (Å²) < 4.78 is 0. The molecule has 0 aromatic carbocycles. The maximum Gasteiger partial charge on any atom is 0.199 e. The van der Waals surface area contributed by atoms with E-state index in [2.05, 4.69) is 5.32 Å². The standard InChI is InChI=1S/C6H12NO/c1-3-7-6(2)4-5-8/h6-7H,3-4H2,1-2H3. The van der Waals surface area contributed by atoms with E-state index in [1.54, 1.807) is 0 Å². The molecule has 0 spiro atoms. The van der Waals surface area contributed by atoms with Crippen molar-refractivity contribution in [2.75, 3.05) is 6.54 Å². The van der Waals surface area contributed by atoms with Gasteiger partial charge in [0, 0.05) is 12.5 Å². The lowest BCUT2D eigenvalue weighted by Gasteiger charge is -2.05. The maximum absolute atomic E-state index is 9.73. The van der Waals surface area contributed by atoms with Crippen molar-refractivity contribution in [3.63, 3.8) is 0 Å². The van der Waals surface area contributed by atoms with E-state index in [0.29, 0.717) is 6.42 Å². The van der Waals surface area contributed by atoms with E-state index in [0.717, 1.165) is 6.54 Å². The van der Waals surface area contributed by atoms with Gasteiger partial charge >= 0.3 is 0 Å². The lowest BCUT2D eigenvalue weighted by molar-refractivity contribution is 0.522. The van der Waals surface area contributed by atoms with Gasteiger partial charge in [0.1, 0.15) is 0 Å². The lowest BCUT2D eigenvalue weighted by Crippen LogP contribution is -2.25. The first-order valence-corrected chi connectivity index (χ1v) is 2.89. The van der Waals surface area contributed by atoms with E-state index in [9.17, 15) is 4.79 Å². The molecule has 0 aromatic rings. The molecule has 0 amide bonds. The molecule has 1 unspecified atom stereocenters. The summed E-state index contributed by atoms with van der Waals surface area (Å²) in [5.41, 5.74) is 0. The molecule has 8 heavy (non-hydrogen) atoms. The Morgan fingerprint density at radius 2 is 2.38 bits per heavy atom. The second-order valence-corrected chi connectivity index (χ2v) is 1.81. The fraction of sp³-hybridized carbons (Fsp3) is 0.833. The Balaban J connectivity index is 3.03. The van der Waals surface area contributed by atoms with Crippen molar-refractivity contribution >= 4 is 6.29 Å². The van der Waals surface area contributed by atoms with Crippen molar-refractivity contribution in [2.24, 2.45) is 0 Å². The van der Waals surface area contributed by atoms with Crippen LogP contribution in [0.4, 0.5) is 0 Å². The zero-order chi connectivity index (χ0) is 6.41. The van der Waals surface area contributed by atoms with Gasteiger partial charge in [-0.2, -0.15) is 0 Å². The van der Waals surface area contributed by atoms with Crippen molar-refractivity contribution in [1.29, 1.82) is 0 Å². The first-order valence-electron chi connectivity index (χ1n) is 2.89. The van der Waals surface area contributed by atoms with E-state index >= 15 is 0 Å². The topological polar surface area (TPSA) is 29.1 Å². The Morgan fingerprint density at radius 3 is 2.75 bits per heavy atom. The van der Waals surface area contributed by atoms with Crippen molar-refractivity contribution < 1.29 is 4.79 Å². The third kappa shape index (κ3) is 3.81. The molecule has 0 heterocycles. The van der Waals surface area contributed by atoms with E-state index in [-0.39, 0.29) is 6.04 Å². The molecule has 0 saturated carbocycles. The molecular weight excluding hydrogens is 102 g/mol. The molecule has 0 aliphatic rings. The van der Waals surface area contributed by atoms with Gasteiger partial charge < -0.3 is 5.32 Å². The molecule has 2 nitrogen and oxygen atoms in total. The van der Waals surface area contributed by atoms with E-state index in [4.69, 9.17) is 0 Å². The highest BCUT2D eigenvalue weighted by Crippen LogP contribution is 1.82. The number of carbonyl (C=O) groups excluding carboxylic acids is 1. The van der Waals surface area contributed by atoms with Gasteiger partial charge in [-0.3, -0.25) is 4.79 Å². The summed E-state index contributed by atoms with van der Waals surface area (Å²) in [4.78, 5) is 9.73. The van der Waals surface area contributed by atoms with Crippen molar-refractivity contribution in [3.05, 3.63) is 0 Å². The minimum Gasteiger partial charge on any atom is -0.314 e. The van der Waals surface area contributed by atoms with Gasteiger partial charge in [0.05, 0.1) is 0 Å². The number of nitrogens with one attached hydrogen (secondary N) is 1. The minimum absolute atomic E-state index is 0.289. The van der Waals surface area contributed by atoms with Crippen LogP contribution in [0.1, 0.15) is 20.3 Å². The van der Waals surface area contributed by atoms with Gasteiger partial charge in [-0.1, -0.05) is 6.92 Å². The third-order valence-corrected chi connectivity index (χ3v) is 0.942. The Hall–Kier alpha value is -0.370. The Morgan fingerprint density at radius 1 is 1.75 bits per heavy atom. The Bertz CT molecular complexity index is 63.5. The first-order chi connectivity index (χ1) is 3.81. The van der Waals surface area contributed by atoms with Gasteiger partial charge in [-0.15, -0.1) is 0 Å². The SMILES string of the molecule is CCNC(C)C[C]=O. The summed E-state index contributed by atoms with van der Waals surface area (Å²) in [6.45, 7) is 4.90. The first kappa shape index (κ1) is 7.63. The summed E-state index contributed by atoms with van der Waals surface area (Å²) in [5.74, 6) is 0. The van der Waals surface area contributed by atoms with E-state index in [1.165, 1.54) is 0 Å². The summed E-state index contributed by atoms with van der Waals surface area (Å²) in [6, 6.07) is 0.289. The molecule has 0 fully saturated rings. The van der Waals surface area contributed by atoms with Crippen LogP contribution in [0, 0.1) is 0 Å². The largest absolute Gasteiger partial charge is 0.314 e. The molecule has 0 aliphatic carbocycles. The molecule has 0 aromatic heterocycles. The van der Waals surface area contributed by atoms with Crippen LogP contribution in [-0.4, -0.2) is 18.9 Å². The van der Waals surface area contributed by atoms with E-state index in [1.807, 2.05) is 20.1 Å². The molecule has 2 heteroatoms. The molecule has 47 valence electrons. The second-order valence-electron chi connectivity index (χ2n) is 1.81. The van der Waals surface area contributed by atoms with Crippen LogP contribution in [0.15, 0.2) is 0 Å². The van der Waals surface area contributed by atoms with Crippen LogP contribution in [0.5, 0.6) is 0 Å². The maximum atomic E-state index is 9.73. The molecule has 0 aliphatic heterocycles. The quantitative estimate of drug-likeness (QED) is 0.576. The minimum atomic E-state index is 0.289. The molecule has 0 bridgehead atoms. The number of rotatable bonds is 4. The normalized spacial score (nSPS) is 13.2. The third-order valence-electron chi connectivity index (χ3n) is 0.942. The van der Waals surface area contributed by atoms with Crippen LogP contribution in [-0.2, 0) is 4.79 Å². The molecule has 1 atom stereocenters. The van der Waals surface area contributed by atoms with Crippen LogP contribution in [0.25, 0.3) is 0 Å². The summed E-state index contributed by atoms with van der Waals surface area (Å²) in [5, 5.41) is 3.08. The number of hydrogen-bond acceptors (Lipinski definition) is 2. The van der Waals surface area contributed by atoms with Crippen LogP contribution in [0.2, 0.25) is 0 Å². The van der Waals surface area contributed by atoms with Gasteiger partial charge in [0.15, 0.2) is 6.29 Å². The predicted molar refractivity (Wildman–Crippen MR) is 33.4 cm³/mol. The van der Waals surface area contributed by atoms with Crippen LogP contribution in [0.3, 0.4) is 0 Å². The average molecular weight is 114 g/mol. The fourth-order valence-electron chi connectivity index (χ4n) is 0.546. The highest BCUT2D eigenvalue weighted by atomic mass is 16.1. The van der Waals surface area contributed by atoms with Gasteiger partial charge in [0.25, 0.3) is 0 Å². The lowest BCUT2D eigenvalue weighted by atomic mass is 10.2. The summed E-state index contributed by atoms with van der Waals surface area (Å²) in [7, 11) is 0. The van der Waals surface area contributed by atoms with Crippen molar-refractivity contribution in [3.8, 4) is 0 Å². The molecule has 1 radical (unpaired) electrons. The summed E-state index contributed by atoms with van der Waals surface area (Å²) >= 11 is 0. The Kier molecular flexibility index (Phi) is 4.56. The molecule has 1 N–H and O–H groups in total. The molecule has 0 saturated heterocycles. The Labute approximate surface area is 50.3 Å². The molecule has 0 rings (SSSR count). The molecular formula is C6H12NO. The highest BCUT2D eigenvalue weighted by Gasteiger charge is 1.95. The predicted octanol–water partition coefficient (Wildman–Crippen LogP) is 0.484. The van der Waals surface area contributed by atoms with Crippen molar-refractivity contribution in [1.82, 2.24) is 5.32 Å². The zero-order valence-corrected chi connectivity index (χ0v) is 5.40. The summed E-state index contributed by atoms with van der Waals surface area (Å²) in [6.07, 6.45) is 2.33. The van der Waals surface area contributed by atoms with Gasteiger partial charge in [-0.25, -0.2) is 0 Å². The smallest absolute Gasteiger partial charge is 0.199 e. The second kappa shape index (κ2) is 4.78. The van der Waals surface area contributed by atoms with Crippen molar-refractivity contribution in [2.45, 2.75) is 26.3 Å².